The average molecular weight is 560 g/mol. The molecule has 1 fully saturated rings. The van der Waals surface area contributed by atoms with E-state index in [2.05, 4.69) is 20.8 Å². The normalized spacial score (nSPS) is 20.4. The predicted octanol–water partition coefficient (Wildman–Crippen LogP) is 1.18. The summed E-state index contributed by atoms with van der Waals surface area (Å²) in [5, 5.41) is 17.3. The number of carbonyl (C=O) groups is 5. The molecule has 3 atom stereocenters. The number of β-lactam (4-membered cyclic amide) rings is 1. The summed E-state index contributed by atoms with van der Waals surface area (Å²) in [5.74, 6) is -3.13. The van der Waals surface area contributed by atoms with E-state index in [0.717, 1.165) is 11.3 Å². The maximum absolute atomic E-state index is 13.2. The molecule has 194 valence electrons. The molecule has 3 amide bonds. The molecule has 0 aliphatic carbocycles. The van der Waals surface area contributed by atoms with E-state index in [1.807, 2.05) is 0 Å². The number of halogens is 1. The second-order valence-corrected chi connectivity index (χ2v) is 11.2. The third kappa shape index (κ3) is 6.14. The van der Waals surface area contributed by atoms with Crippen LogP contribution >= 0.6 is 34.7 Å². The van der Waals surface area contributed by atoms with Crippen LogP contribution in [0.4, 0.5) is 5.13 Å². The number of aromatic nitrogens is 1. The molecule has 0 radical (unpaired) electrons. The minimum atomic E-state index is -1.20. The smallest absolute Gasteiger partial charge is 0.350 e. The highest BCUT2D eigenvalue weighted by Gasteiger charge is 2.50. The van der Waals surface area contributed by atoms with Crippen molar-refractivity contribution in [2.45, 2.75) is 50.8 Å². The van der Waals surface area contributed by atoms with Crippen LogP contribution in [0.1, 0.15) is 33.4 Å². The lowest BCUT2D eigenvalue weighted by Gasteiger charge is -2.46. The fourth-order valence-corrected chi connectivity index (χ4v) is 5.21. The van der Waals surface area contributed by atoms with Crippen LogP contribution in [0.15, 0.2) is 16.9 Å². The van der Waals surface area contributed by atoms with Crippen LogP contribution in [0.5, 0.6) is 0 Å². The minimum Gasteiger partial charge on any atom is -0.478 e. The molecule has 3 heterocycles. The average Bonchev–Trinajstić information content (AvgIpc) is 3.15. The van der Waals surface area contributed by atoms with Gasteiger partial charge in [-0.1, -0.05) is 28.1 Å². The van der Waals surface area contributed by atoms with Gasteiger partial charge in [0.25, 0.3) is 11.8 Å². The van der Waals surface area contributed by atoms with Crippen molar-refractivity contribution in [3.8, 4) is 0 Å². The Balaban J connectivity index is 1.82. The molecule has 0 spiro atoms. The first-order chi connectivity index (χ1) is 16.8. The number of carbonyl (C=O) groups excluding carboxylic acids is 4. The zero-order chi connectivity index (χ0) is 26.8. The second-order valence-electron chi connectivity index (χ2n) is 8.48. The molecule has 2 unspecified atom stereocenters. The number of esters is 1. The summed E-state index contributed by atoms with van der Waals surface area (Å²) in [6, 6.07) is -0.979. The largest absolute Gasteiger partial charge is 0.478 e. The Bertz CT molecular complexity index is 1160. The van der Waals surface area contributed by atoms with E-state index >= 15 is 0 Å². The quantitative estimate of drug-likeness (QED) is 0.131. The molecule has 1 aromatic rings. The molecule has 0 aromatic carbocycles. The number of aliphatic carboxylic acids is 1. The number of carboxylic acid groups (broad SMARTS) is 1. The predicted molar refractivity (Wildman–Crippen MR) is 130 cm³/mol. The van der Waals surface area contributed by atoms with Gasteiger partial charge in [0.1, 0.15) is 27.0 Å². The van der Waals surface area contributed by atoms with Crippen LogP contribution in [0.3, 0.4) is 0 Å². The lowest BCUT2D eigenvalue weighted by molar-refractivity contribution is -0.167. The van der Waals surface area contributed by atoms with Gasteiger partial charge in [0.2, 0.25) is 12.5 Å². The summed E-state index contributed by atoms with van der Waals surface area (Å²) in [7, 11) is 0. The van der Waals surface area contributed by atoms with Crippen molar-refractivity contribution >= 4 is 75.7 Å². The molecule has 2 aliphatic rings. The van der Waals surface area contributed by atoms with Crippen molar-refractivity contribution in [3.05, 3.63) is 21.8 Å². The van der Waals surface area contributed by atoms with Gasteiger partial charge in [-0.25, -0.2) is 14.6 Å². The lowest BCUT2D eigenvalue weighted by atomic mass is 10.1. The highest BCUT2D eigenvalue weighted by molar-refractivity contribution is 8.00. The Morgan fingerprint density at radius 3 is 2.69 bits per heavy atom. The molecule has 0 bridgehead atoms. The Morgan fingerprint density at radius 1 is 1.39 bits per heavy atom. The highest BCUT2D eigenvalue weighted by Crippen LogP contribution is 2.36. The van der Waals surface area contributed by atoms with E-state index in [1.165, 1.54) is 29.8 Å². The molecule has 1 aromatic heterocycles. The number of rotatable bonds is 9. The van der Waals surface area contributed by atoms with E-state index in [4.69, 9.17) is 26.3 Å². The van der Waals surface area contributed by atoms with Gasteiger partial charge in [0.05, 0.1) is 5.57 Å². The number of nitrogens with zero attached hydrogens (tertiary/aromatic N) is 3. The topological polar surface area (TPSA) is 177 Å². The molecule has 13 nitrogen and oxygen atoms in total. The number of hydrogen-bond donors (Lipinski definition) is 3. The number of thioether (sulfide) groups is 1. The van der Waals surface area contributed by atoms with E-state index in [-0.39, 0.29) is 26.5 Å². The first-order valence-electron chi connectivity index (χ1n) is 10.3. The van der Waals surface area contributed by atoms with Gasteiger partial charge in [-0.05, 0) is 27.7 Å². The number of amides is 3. The number of oxime groups is 1. The number of nitrogens with one attached hydrogen (secondary N) is 2. The SMILES string of the molecule is CC(ON=C(C(=O)NC1C(=O)N2C=C(C(=O)O)CS[C@H]12)c1nc(NC=O)sc1Cl)C(=O)OC(C)(C)C. The number of anilines is 1. The van der Waals surface area contributed by atoms with Gasteiger partial charge in [0, 0.05) is 12.0 Å². The van der Waals surface area contributed by atoms with Gasteiger partial charge in [-0.2, -0.15) is 0 Å². The van der Waals surface area contributed by atoms with Crippen molar-refractivity contribution in [2.24, 2.45) is 5.16 Å². The van der Waals surface area contributed by atoms with E-state index in [9.17, 15) is 24.0 Å². The van der Waals surface area contributed by atoms with E-state index < -0.39 is 52.6 Å². The van der Waals surface area contributed by atoms with Gasteiger partial charge >= 0.3 is 11.9 Å². The Labute approximate surface area is 218 Å². The van der Waals surface area contributed by atoms with Gasteiger partial charge in [-0.3, -0.25) is 14.4 Å². The zero-order valence-electron chi connectivity index (χ0n) is 19.4. The number of carboxylic acids is 1. The fourth-order valence-electron chi connectivity index (χ4n) is 2.95. The molecule has 2 aliphatic heterocycles. The summed E-state index contributed by atoms with van der Waals surface area (Å²) in [5.41, 5.74) is -1.31. The number of ether oxygens (including phenoxy) is 1. The summed E-state index contributed by atoms with van der Waals surface area (Å²) >= 11 is 8.23. The van der Waals surface area contributed by atoms with Crippen LogP contribution in [0.25, 0.3) is 0 Å². The maximum atomic E-state index is 13.2. The molecule has 16 heteroatoms. The van der Waals surface area contributed by atoms with E-state index in [0.29, 0.717) is 6.41 Å². The summed E-state index contributed by atoms with van der Waals surface area (Å²) < 4.78 is 5.22. The molecule has 0 saturated carbocycles. The maximum Gasteiger partial charge on any atom is 0.350 e. The highest BCUT2D eigenvalue weighted by atomic mass is 35.5. The third-order valence-electron chi connectivity index (χ3n) is 4.59. The van der Waals surface area contributed by atoms with Gasteiger partial charge < -0.3 is 30.2 Å². The number of thiazole rings is 1. The number of hydrogen-bond acceptors (Lipinski definition) is 11. The Morgan fingerprint density at radius 2 is 2.08 bits per heavy atom. The molecular weight excluding hydrogens is 538 g/mol. The fraction of sp³-hybridized carbons (Fsp3) is 0.450. The van der Waals surface area contributed by atoms with Gasteiger partial charge in [0.15, 0.2) is 10.8 Å². The minimum absolute atomic E-state index is 0.00981. The summed E-state index contributed by atoms with van der Waals surface area (Å²) in [4.78, 5) is 70.4. The van der Waals surface area contributed by atoms with Gasteiger partial charge in [-0.15, -0.1) is 11.8 Å². The Kier molecular flexibility index (Phi) is 8.26. The summed E-state index contributed by atoms with van der Waals surface area (Å²) in [6.07, 6.45) is 0.410. The van der Waals surface area contributed by atoms with Crippen LogP contribution < -0.4 is 10.6 Å². The molecule has 3 rings (SSSR count). The van der Waals surface area contributed by atoms with Crippen LogP contribution in [-0.2, 0) is 33.5 Å². The second kappa shape index (κ2) is 10.8. The van der Waals surface area contributed by atoms with Crippen LogP contribution in [0.2, 0.25) is 4.34 Å². The monoisotopic (exact) mass is 559 g/mol. The molecule has 3 N–H and O–H groups in total. The van der Waals surface area contributed by atoms with Crippen LogP contribution in [0, 0.1) is 0 Å². The zero-order valence-corrected chi connectivity index (χ0v) is 21.8. The molecule has 1 saturated heterocycles. The van der Waals surface area contributed by atoms with Crippen LogP contribution in [-0.4, -0.2) is 79.7 Å². The molecule has 36 heavy (non-hydrogen) atoms. The van der Waals surface area contributed by atoms with Crippen molar-refractivity contribution in [2.75, 3.05) is 11.1 Å². The third-order valence-corrected chi connectivity index (χ3v) is 7.10. The van der Waals surface area contributed by atoms with Crippen molar-refractivity contribution in [3.63, 3.8) is 0 Å². The first kappa shape index (κ1) is 27.4. The number of fused-ring (bicyclic) bond motifs is 1. The van der Waals surface area contributed by atoms with Crippen molar-refractivity contribution in [1.82, 2.24) is 15.2 Å². The van der Waals surface area contributed by atoms with Crippen molar-refractivity contribution < 1.29 is 38.7 Å². The molecular formula is C20H22ClN5O8S2. The Hall–Kier alpha value is -3.17. The van der Waals surface area contributed by atoms with Crippen molar-refractivity contribution in [1.29, 1.82) is 0 Å². The summed E-state index contributed by atoms with van der Waals surface area (Å²) in [6.45, 7) is 6.39. The van der Waals surface area contributed by atoms with E-state index in [1.54, 1.807) is 20.8 Å². The standard InChI is InChI=1S/C20H22ClN5O8S2/c1-8(18(32)33-20(2,3)4)34-25-11(10-13(21)36-19(24-10)22-7-27)14(28)23-12-15(29)26-5-9(17(30)31)6-35-16(12)26/h5,7-8,12,16H,6H2,1-4H3,(H,23,28)(H,30,31)(H,22,24,27)/t8?,12?,16-/m1/s1. The lowest BCUT2D eigenvalue weighted by Crippen LogP contribution is -2.69. The first-order valence-corrected chi connectivity index (χ1v) is 12.6.